The van der Waals surface area contributed by atoms with E-state index in [9.17, 15) is 13.5 Å². The summed E-state index contributed by atoms with van der Waals surface area (Å²) in [7, 11) is -4.52. The van der Waals surface area contributed by atoms with Gasteiger partial charge in [0.2, 0.25) is 0 Å². The van der Waals surface area contributed by atoms with Gasteiger partial charge in [-0.05, 0) is 65.6 Å². The monoisotopic (exact) mass is 348 g/mol. The normalized spacial score (nSPS) is 29.3. The molecule has 24 heavy (non-hydrogen) atoms. The highest BCUT2D eigenvalue weighted by atomic mass is 32.3. The van der Waals surface area contributed by atoms with E-state index >= 15 is 0 Å². The maximum absolute atomic E-state index is 10.9. The quantitative estimate of drug-likeness (QED) is 0.814. The highest BCUT2D eigenvalue weighted by Crippen LogP contribution is 2.56. The van der Waals surface area contributed by atoms with Crippen molar-refractivity contribution in [3.63, 3.8) is 0 Å². The lowest BCUT2D eigenvalue weighted by Crippen LogP contribution is -2.35. The van der Waals surface area contributed by atoms with Crippen LogP contribution in [-0.4, -0.2) is 24.2 Å². The molecule has 2 aliphatic rings. The Morgan fingerprint density at radius 1 is 1.21 bits per heavy atom. The topological polar surface area (TPSA) is 83.8 Å². The Balaban J connectivity index is 1.81. The third kappa shape index (κ3) is 2.41. The van der Waals surface area contributed by atoms with Crippen molar-refractivity contribution in [3.8, 4) is 5.75 Å². The summed E-state index contributed by atoms with van der Waals surface area (Å²) in [6.07, 6.45) is 3.46. The van der Waals surface area contributed by atoms with E-state index in [1.165, 1.54) is 11.1 Å². The van der Waals surface area contributed by atoms with Gasteiger partial charge in [-0.3, -0.25) is 4.55 Å². The van der Waals surface area contributed by atoms with E-state index in [2.05, 4.69) is 17.2 Å². The number of fused-ring (bicyclic) bond motifs is 5. The van der Waals surface area contributed by atoms with Crippen molar-refractivity contribution < 1.29 is 22.3 Å². The molecule has 2 aliphatic carbocycles. The second-order valence-electron chi connectivity index (χ2n) is 7.18. The van der Waals surface area contributed by atoms with Gasteiger partial charge in [0.15, 0.2) is 0 Å². The van der Waals surface area contributed by atoms with Gasteiger partial charge in [0.05, 0.1) is 6.10 Å². The van der Waals surface area contributed by atoms with Crippen molar-refractivity contribution in [2.75, 3.05) is 0 Å². The molecule has 0 aromatic heterocycles. The first-order valence-corrected chi connectivity index (χ1v) is 9.55. The predicted molar refractivity (Wildman–Crippen MR) is 90.5 cm³/mol. The van der Waals surface area contributed by atoms with Crippen LogP contribution in [0, 0.1) is 5.41 Å². The Morgan fingerprint density at radius 2 is 2.00 bits per heavy atom. The third-order valence-corrected chi connectivity index (χ3v) is 6.32. The van der Waals surface area contributed by atoms with E-state index in [0.717, 1.165) is 36.5 Å². The minimum absolute atomic E-state index is 0.0469. The van der Waals surface area contributed by atoms with E-state index in [0.29, 0.717) is 5.92 Å². The van der Waals surface area contributed by atoms with Crippen LogP contribution in [0.5, 0.6) is 5.75 Å². The molecule has 1 fully saturated rings. The smallest absolute Gasteiger partial charge is 0.393 e. The summed E-state index contributed by atoms with van der Waals surface area (Å²) >= 11 is 0. The summed E-state index contributed by atoms with van der Waals surface area (Å²) in [6, 6.07) is 9.09. The van der Waals surface area contributed by atoms with Crippen LogP contribution >= 0.6 is 0 Å². The standard InChI is InChI=1S/C18H20O5S/c1-18-9-8-14-13-5-3-12(23-24(20,21)22)10-11(13)2-4-15(14)16(18)6-7-17(18)19/h2-5,10,16-17,19H,6-9H2,1H3,(H,20,21,22)/t16?,17-,18+/m1/s1. The van der Waals surface area contributed by atoms with Crippen molar-refractivity contribution in [3.05, 3.63) is 41.5 Å². The minimum Gasteiger partial charge on any atom is -0.393 e. The average molecular weight is 348 g/mol. The van der Waals surface area contributed by atoms with Crippen LogP contribution in [0.3, 0.4) is 0 Å². The van der Waals surface area contributed by atoms with Gasteiger partial charge in [-0.1, -0.05) is 25.1 Å². The largest absolute Gasteiger partial charge is 0.446 e. The van der Waals surface area contributed by atoms with E-state index in [1.54, 1.807) is 12.1 Å². The molecule has 4 rings (SSSR count). The number of hydrogen-bond acceptors (Lipinski definition) is 4. The fourth-order valence-electron chi connectivity index (χ4n) is 4.63. The molecule has 0 saturated heterocycles. The highest BCUT2D eigenvalue weighted by Gasteiger charge is 2.49. The van der Waals surface area contributed by atoms with E-state index < -0.39 is 10.4 Å². The molecule has 0 radical (unpaired) electrons. The van der Waals surface area contributed by atoms with Gasteiger partial charge in [0.25, 0.3) is 0 Å². The summed E-state index contributed by atoms with van der Waals surface area (Å²) in [4.78, 5) is 0. The SMILES string of the molecule is C[C@]12CCc3c(ccc4cc(OS(=O)(=O)O)ccc34)C1CC[C@H]2O. The molecule has 3 atom stereocenters. The van der Waals surface area contributed by atoms with E-state index in [4.69, 9.17) is 4.55 Å². The van der Waals surface area contributed by atoms with Gasteiger partial charge < -0.3 is 9.29 Å². The lowest BCUT2D eigenvalue weighted by Gasteiger charge is -2.40. The van der Waals surface area contributed by atoms with Crippen LogP contribution in [0.1, 0.15) is 43.2 Å². The van der Waals surface area contributed by atoms with Gasteiger partial charge in [0, 0.05) is 5.41 Å². The molecule has 0 spiro atoms. The summed E-state index contributed by atoms with van der Waals surface area (Å²) in [6.45, 7) is 2.19. The van der Waals surface area contributed by atoms with Crippen molar-refractivity contribution in [1.29, 1.82) is 0 Å². The molecule has 0 heterocycles. The third-order valence-electron chi connectivity index (χ3n) is 5.92. The zero-order valence-corrected chi connectivity index (χ0v) is 14.2. The molecule has 2 aromatic carbocycles. The van der Waals surface area contributed by atoms with Crippen molar-refractivity contribution in [2.45, 2.75) is 44.6 Å². The van der Waals surface area contributed by atoms with Gasteiger partial charge in [-0.25, -0.2) is 0 Å². The molecule has 0 bridgehead atoms. The summed E-state index contributed by atoms with van der Waals surface area (Å²) < 4.78 is 35.1. The molecule has 0 aliphatic heterocycles. The number of aryl methyl sites for hydroxylation is 1. The maximum Gasteiger partial charge on any atom is 0.446 e. The first kappa shape index (κ1) is 15.9. The lowest BCUT2D eigenvalue weighted by atomic mass is 9.65. The van der Waals surface area contributed by atoms with Crippen LogP contribution in [0.15, 0.2) is 30.3 Å². The Bertz CT molecular complexity index is 920. The maximum atomic E-state index is 10.9. The molecule has 1 saturated carbocycles. The van der Waals surface area contributed by atoms with Gasteiger partial charge in [-0.15, -0.1) is 0 Å². The second-order valence-corrected chi connectivity index (χ2v) is 8.20. The molecular weight excluding hydrogens is 328 g/mol. The number of rotatable bonds is 2. The number of aliphatic hydroxyl groups is 1. The van der Waals surface area contributed by atoms with Crippen LogP contribution in [-0.2, 0) is 16.8 Å². The number of aliphatic hydroxyl groups excluding tert-OH is 1. The minimum atomic E-state index is -4.52. The Kier molecular flexibility index (Phi) is 3.43. The molecule has 1 unspecified atom stereocenters. The molecule has 0 amide bonds. The Labute approximate surface area is 141 Å². The highest BCUT2D eigenvalue weighted by molar-refractivity contribution is 7.81. The lowest BCUT2D eigenvalue weighted by molar-refractivity contribution is 0.0459. The average Bonchev–Trinajstić information content (AvgIpc) is 2.81. The zero-order valence-electron chi connectivity index (χ0n) is 13.4. The molecule has 5 nitrogen and oxygen atoms in total. The van der Waals surface area contributed by atoms with Crippen LogP contribution < -0.4 is 4.18 Å². The number of hydrogen-bond donors (Lipinski definition) is 2. The van der Waals surface area contributed by atoms with Gasteiger partial charge >= 0.3 is 10.4 Å². The van der Waals surface area contributed by atoms with Crippen LogP contribution in [0.4, 0.5) is 0 Å². The van der Waals surface area contributed by atoms with E-state index in [-0.39, 0.29) is 17.3 Å². The first-order chi connectivity index (χ1) is 11.3. The molecular formula is C18H20O5S. The van der Waals surface area contributed by atoms with Crippen molar-refractivity contribution >= 4 is 21.2 Å². The van der Waals surface area contributed by atoms with Gasteiger partial charge in [-0.2, -0.15) is 8.42 Å². The fourth-order valence-corrected chi connectivity index (χ4v) is 4.98. The predicted octanol–water partition coefficient (Wildman–Crippen LogP) is 3.21. The summed E-state index contributed by atoms with van der Waals surface area (Å²) in [5, 5.41) is 12.3. The molecule has 2 aromatic rings. The first-order valence-electron chi connectivity index (χ1n) is 8.18. The Morgan fingerprint density at radius 3 is 2.75 bits per heavy atom. The summed E-state index contributed by atoms with van der Waals surface area (Å²) in [5.74, 6) is 0.469. The van der Waals surface area contributed by atoms with Crippen LogP contribution in [0.2, 0.25) is 0 Å². The van der Waals surface area contributed by atoms with E-state index in [1.807, 2.05) is 12.1 Å². The Hall–Kier alpha value is -1.63. The molecule has 2 N–H and O–H groups in total. The molecule has 6 heteroatoms. The van der Waals surface area contributed by atoms with Gasteiger partial charge in [0.1, 0.15) is 5.75 Å². The summed E-state index contributed by atoms with van der Waals surface area (Å²) in [5.41, 5.74) is 2.54. The fraction of sp³-hybridized carbons (Fsp3) is 0.444. The molecule has 128 valence electrons. The van der Waals surface area contributed by atoms with Crippen molar-refractivity contribution in [2.24, 2.45) is 5.41 Å². The van der Waals surface area contributed by atoms with Crippen LogP contribution in [0.25, 0.3) is 10.8 Å². The second kappa shape index (κ2) is 5.18. The van der Waals surface area contributed by atoms with Crippen molar-refractivity contribution in [1.82, 2.24) is 0 Å². The number of benzene rings is 2. The zero-order chi connectivity index (χ0) is 17.1.